The van der Waals surface area contributed by atoms with Crippen LogP contribution in [0, 0.1) is 0 Å². The Bertz CT molecular complexity index is 70.6. The van der Waals surface area contributed by atoms with Crippen LogP contribution < -0.4 is 0 Å². The lowest BCUT2D eigenvalue weighted by molar-refractivity contribution is 1.38. The molecule has 0 unspecified atom stereocenters. The van der Waals surface area contributed by atoms with E-state index in [9.17, 15) is 0 Å². The Morgan fingerprint density at radius 2 is 1.62 bits per heavy atom. The van der Waals surface area contributed by atoms with Gasteiger partial charge < -0.3 is 0 Å². The van der Waals surface area contributed by atoms with Crippen molar-refractivity contribution >= 4 is 21.8 Å². The van der Waals surface area contributed by atoms with Gasteiger partial charge in [-0.1, -0.05) is 0 Å². The van der Waals surface area contributed by atoms with Gasteiger partial charge in [-0.25, -0.2) is 10.0 Å². The molecule has 50 valence electrons. The van der Waals surface area contributed by atoms with Crippen molar-refractivity contribution in [1.29, 1.82) is 0 Å². The molecule has 8 heavy (non-hydrogen) atoms. The van der Waals surface area contributed by atoms with E-state index in [2.05, 4.69) is 24.3 Å². The summed E-state index contributed by atoms with van der Waals surface area (Å²) in [6.07, 6.45) is 4.90. The van der Waals surface area contributed by atoms with E-state index in [1.807, 2.05) is 0 Å². The van der Waals surface area contributed by atoms with E-state index < -0.39 is 0 Å². The third-order valence-corrected chi connectivity index (χ3v) is 5.68. The van der Waals surface area contributed by atoms with Crippen molar-refractivity contribution in [3.8, 4) is 0 Å². The molecule has 0 spiro atoms. The molecular formula is C6H14S2. The molecule has 0 nitrogen and oxygen atoms in total. The molecule has 0 bridgehead atoms. The standard InChI is InChI=1S/C6H14S2/c1-8(2)5-3-7-4-6-8/h3-6H2,1-2H3. The summed E-state index contributed by atoms with van der Waals surface area (Å²) >= 11 is 2.12. The summed E-state index contributed by atoms with van der Waals surface area (Å²) in [6, 6.07) is 0. The first-order valence-corrected chi connectivity index (χ1v) is 6.91. The van der Waals surface area contributed by atoms with Gasteiger partial charge in [0.2, 0.25) is 0 Å². The molecule has 0 aromatic carbocycles. The molecule has 0 aromatic heterocycles. The first kappa shape index (κ1) is 6.81. The fraction of sp³-hybridized carbons (Fsp3) is 1.00. The number of thioether (sulfide) groups is 1. The minimum atomic E-state index is -0.104. The maximum atomic E-state index is 2.45. The molecule has 0 N–H and O–H groups in total. The second-order valence-electron chi connectivity index (χ2n) is 2.79. The molecule has 1 rings (SSSR count). The fourth-order valence-corrected chi connectivity index (χ4v) is 5.73. The highest BCUT2D eigenvalue weighted by Gasteiger charge is 2.14. The summed E-state index contributed by atoms with van der Waals surface area (Å²) in [5, 5.41) is 0. The van der Waals surface area contributed by atoms with E-state index in [0.29, 0.717) is 0 Å². The zero-order valence-electron chi connectivity index (χ0n) is 5.64. The zero-order chi connectivity index (χ0) is 6.04. The Hall–Kier alpha value is 0.700. The fourth-order valence-electron chi connectivity index (χ4n) is 0.773. The van der Waals surface area contributed by atoms with Crippen LogP contribution in [0.3, 0.4) is 0 Å². The van der Waals surface area contributed by atoms with Crippen molar-refractivity contribution in [2.45, 2.75) is 0 Å². The van der Waals surface area contributed by atoms with Crippen LogP contribution in [0.15, 0.2) is 0 Å². The minimum Gasteiger partial charge on any atom is -0.245 e. The van der Waals surface area contributed by atoms with Crippen LogP contribution >= 0.6 is 21.8 Å². The first-order valence-electron chi connectivity index (χ1n) is 2.97. The maximum absolute atomic E-state index is 2.45. The molecule has 1 aliphatic rings. The molecular weight excluding hydrogens is 136 g/mol. The smallest absolute Gasteiger partial charge is 0.000904 e. The molecule has 0 amide bonds. The van der Waals surface area contributed by atoms with Gasteiger partial charge in [0.05, 0.1) is 0 Å². The largest absolute Gasteiger partial charge is 0.245 e. The van der Waals surface area contributed by atoms with Gasteiger partial charge in [-0.3, -0.25) is 0 Å². The number of hydrogen-bond donors (Lipinski definition) is 0. The third kappa shape index (κ3) is 1.90. The molecule has 2 heteroatoms. The highest BCUT2D eigenvalue weighted by atomic mass is 32.3. The summed E-state index contributed by atoms with van der Waals surface area (Å²) in [4.78, 5) is 0. The molecule has 1 aliphatic heterocycles. The van der Waals surface area contributed by atoms with E-state index in [1.54, 1.807) is 0 Å². The molecule has 0 aromatic rings. The Balaban J connectivity index is 2.33. The highest BCUT2D eigenvalue weighted by Crippen LogP contribution is 2.43. The average molecular weight is 150 g/mol. The Morgan fingerprint density at radius 1 is 1.12 bits per heavy atom. The van der Waals surface area contributed by atoms with Gasteiger partial charge in [-0.05, 0) is 24.0 Å². The van der Waals surface area contributed by atoms with Crippen molar-refractivity contribution in [2.24, 2.45) is 0 Å². The molecule has 0 radical (unpaired) electrons. The van der Waals surface area contributed by atoms with Crippen LogP contribution in [0.1, 0.15) is 0 Å². The van der Waals surface area contributed by atoms with Crippen molar-refractivity contribution in [2.75, 3.05) is 35.5 Å². The summed E-state index contributed by atoms with van der Waals surface area (Å²) in [5.74, 6) is 5.83. The summed E-state index contributed by atoms with van der Waals surface area (Å²) < 4.78 is 0. The van der Waals surface area contributed by atoms with Crippen LogP contribution in [0.5, 0.6) is 0 Å². The third-order valence-electron chi connectivity index (χ3n) is 1.56. The highest BCUT2D eigenvalue weighted by molar-refractivity contribution is 8.33. The van der Waals surface area contributed by atoms with E-state index >= 15 is 0 Å². The predicted molar refractivity (Wildman–Crippen MR) is 46.5 cm³/mol. The van der Waals surface area contributed by atoms with E-state index in [-0.39, 0.29) is 10.0 Å². The lowest BCUT2D eigenvalue weighted by atomic mass is 10.9. The topological polar surface area (TPSA) is 0 Å². The summed E-state index contributed by atoms with van der Waals surface area (Å²) in [7, 11) is -0.104. The van der Waals surface area contributed by atoms with Gasteiger partial charge in [0.1, 0.15) is 0 Å². The van der Waals surface area contributed by atoms with Crippen molar-refractivity contribution < 1.29 is 0 Å². The van der Waals surface area contributed by atoms with Crippen LogP contribution in [0.2, 0.25) is 0 Å². The molecule has 0 atom stereocenters. The summed E-state index contributed by atoms with van der Waals surface area (Å²) in [5.41, 5.74) is 0. The van der Waals surface area contributed by atoms with Gasteiger partial charge in [0, 0.05) is 11.5 Å². The normalized spacial score (nSPS) is 31.8. The molecule has 0 saturated carbocycles. The van der Waals surface area contributed by atoms with Crippen molar-refractivity contribution in [1.82, 2.24) is 0 Å². The Labute approximate surface area is 57.7 Å². The van der Waals surface area contributed by atoms with Crippen molar-refractivity contribution in [3.05, 3.63) is 0 Å². The zero-order valence-corrected chi connectivity index (χ0v) is 7.28. The van der Waals surface area contributed by atoms with Crippen LogP contribution in [0.25, 0.3) is 0 Å². The number of hydrogen-bond acceptors (Lipinski definition) is 1. The van der Waals surface area contributed by atoms with E-state index in [1.165, 1.54) is 23.0 Å². The molecule has 0 aliphatic carbocycles. The Morgan fingerprint density at radius 3 is 1.88 bits per heavy atom. The van der Waals surface area contributed by atoms with E-state index in [4.69, 9.17) is 0 Å². The molecule has 1 fully saturated rings. The van der Waals surface area contributed by atoms with Crippen molar-refractivity contribution in [3.63, 3.8) is 0 Å². The average Bonchev–Trinajstić information content (AvgIpc) is 1.65. The quantitative estimate of drug-likeness (QED) is 0.507. The van der Waals surface area contributed by atoms with Crippen LogP contribution in [-0.4, -0.2) is 35.5 Å². The van der Waals surface area contributed by atoms with Gasteiger partial charge in [0.15, 0.2) is 0 Å². The monoisotopic (exact) mass is 150 g/mol. The molecule has 1 saturated heterocycles. The second kappa shape index (κ2) is 2.53. The summed E-state index contributed by atoms with van der Waals surface area (Å²) in [6.45, 7) is 0. The first-order chi connectivity index (χ1) is 3.71. The van der Waals surface area contributed by atoms with E-state index in [0.717, 1.165) is 0 Å². The lowest BCUT2D eigenvalue weighted by Crippen LogP contribution is -2.15. The maximum Gasteiger partial charge on any atom is 0.000904 e. The second-order valence-corrected chi connectivity index (χ2v) is 8.36. The van der Waals surface area contributed by atoms with Gasteiger partial charge in [0.25, 0.3) is 0 Å². The number of rotatable bonds is 0. The van der Waals surface area contributed by atoms with Crippen LogP contribution in [0.4, 0.5) is 0 Å². The van der Waals surface area contributed by atoms with Gasteiger partial charge in [-0.2, -0.15) is 11.8 Å². The van der Waals surface area contributed by atoms with Gasteiger partial charge >= 0.3 is 0 Å². The minimum absolute atomic E-state index is 0.104. The SMILES string of the molecule is CS1(C)CCSCC1. The Kier molecular flexibility index (Phi) is 2.15. The van der Waals surface area contributed by atoms with Gasteiger partial charge in [-0.15, -0.1) is 0 Å². The molecule has 1 heterocycles. The van der Waals surface area contributed by atoms with Crippen LogP contribution in [-0.2, 0) is 0 Å². The lowest BCUT2D eigenvalue weighted by Gasteiger charge is -2.34. The predicted octanol–water partition coefficient (Wildman–Crippen LogP) is 1.80.